The van der Waals surface area contributed by atoms with Crippen molar-refractivity contribution in [1.29, 1.82) is 0 Å². The van der Waals surface area contributed by atoms with Gasteiger partial charge in [0.1, 0.15) is 0 Å². The summed E-state index contributed by atoms with van der Waals surface area (Å²) in [5.41, 5.74) is 3.37. The van der Waals surface area contributed by atoms with Crippen molar-refractivity contribution in [3.8, 4) is 0 Å². The fourth-order valence-corrected chi connectivity index (χ4v) is 3.09. The number of fused-ring (bicyclic) bond motifs is 1. The van der Waals surface area contributed by atoms with E-state index in [4.69, 9.17) is 11.6 Å². The second-order valence-electron chi connectivity index (χ2n) is 6.31. The van der Waals surface area contributed by atoms with E-state index in [9.17, 15) is 4.79 Å². The smallest absolute Gasteiger partial charge is 0.254 e. The number of hydrogen-bond acceptors (Lipinski definition) is 2. The Bertz CT molecular complexity index is 894. The standard InChI is InChI=1S/C18H21ClN4O/c1-12(2)23-9-5-6-14(23)11-21(3)17(24)13-7-8-16-15(10-13)20-18(19)22(16)4/h5-10,12H,11H2,1-4H3. The van der Waals surface area contributed by atoms with E-state index in [0.717, 1.165) is 16.7 Å². The summed E-state index contributed by atoms with van der Waals surface area (Å²) in [7, 11) is 3.67. The molecule has 0 radical (unpaired) electrons. The van der Waals surface area contributed by atoms with Gasteiger partial charge in [-0.05, 0) is 55.8 Å². The van der Waals surface area contributed by atoms with Gasteiger partial charge in [-0.1, -0.05) is 0 Å². The van der Waals surface area contributed by atoms with Gasteiger partial charge in [-0.25, -0.2) is 4.98 Å². The van der Waals surface area contributed by atoms with Gasteiger partial charge in [-0.2, -0.15) is 0 Å². The summed E-state index contributed by atoms with van der Waals surface area (Å²) >= 11 is 6.04. The third kappa shape index (κ3) is 2.91. The van der Waals surface area contributed by atoms with Crippen LogP contribution in [0.25, 0.3) is 11.0 Å². The number of benzene rings is 1. The van der Waals surface area contributed by atoms with E-state index in [1.807, 2.05) is 44.6 Å². The molecule has 126 valence electrons. The van der Waals surface area contributed by atoms with E-state index in [-0.39, 0.29) is 5.91 Å². The summed E-state index contributed by atoms with van der Waals surface area (Å²) in [5.74, 6) is -0.0322. The fraction of sp³-hybridized carbons (Fsp3) is 0.333. The van der Waals surface area contributed by atoms with E-state index in [1.54, 1.807) is 15.5 Å². The molecule has 3 aromatic rings. The van der Waals surface area contributed by atoms with Crippen molar-refractivity contribution in [2.75, 3.05) is 7.05 Å². The van der Waals surface area contributed by atoms with Crippen LogP contribution in [0.15, 0.2) is 36.5 Å². The summed E-state index contributed by atoms with van der Waals surface area (Å²) in [4.78, 5) is 18.7. The van der Waals surface area contributed by atoms with Gasteiger partial charge in [0.25, 0.3) is 5.91 Å². The molecule has 0 unspecified atom stereocenters. The molecule has 0 N–H and O–H groups in total. The Morgan fingerprint density at radius 2 is 2.08 bits per heavy atom. The summed E-state index contributed by atoms with van der Waals surface area (Å²) < 4.78 is 3.97. The van der Waals surface area contributed by atoms with Crippen LogP contribution in [-0.4, -0.2) is 32.0 Å². The quantitative estimate of drug-likeness (QED) is 0.720. The topological polar surface area (TPSA) is 43.1 Å². The number of halogens is 1. The number of nitrogens with zero attached hydrogens (tertiary/aromatic N) is 4. The van der Waals surface area contributed by atoms with Crippen LogP contribution in [0.5, 0.6) is 0 Å². The van der Waals surface area contributed by atoms with Gasteiger partial charge >= 0.3 is 0 Å². The lowest BCUT2D eigenvalue weighted by molar-refractivity contribution is 0.0781. The molecule has 0 atom stereocenters. The van der Waals surface area contributed by atoms with Gasteiger partial charge in [0, 0.05) is 37.6 Å². The number of carbonyl (C=O) groups excluding carboxylic acids is 1. The molecule has 0 aliphatic rings. The van der Waals surface area contributed by atoms with E-state index < -0.39 is 0 Å². The molecule has 0 saturated heterocycles. The number of hydrogen-bond donors (Lipinski definition) is 0. The molecular weight excluding hydrogens is 324 g/mol. The third-order valence-electron chi connectivity index (χ3n) is 4.24. The van der Waals surface area contributed by atoms with Crippen molar-refractivity contribution >= 4 is 28.5 Å². The van der Waals surface area contributed by atoms with Gasteiger partial charge in [0.15, 0.2) is 0 Å². The molecule has 6 heteroatoms. The first kappa shape index (κ1) is 16.6. The molecule has 1 amide bonds. The van der Waals surface area contributed by atoms with Crippen LogP contribution in [0.2, 0.25) is 5.28 Å². The van der Waals surface area contributed by atoms with Gasteiger partial charge < -0.3 is 14.0 Å². The minimum Gasteiger partial charge on any atom is -0.347 e. The Morgan fingerprint density at radius 3 is 2.79 bits per heavy atom. The molecular formula is C18H21ClN4O. The van der Waals surface area contributed by atoms with Crippen LogP contribution in [-0.2, 0) is 13.6 Å². The number of amides is 1. The highest BCUT2D eigenvalue weighted by Gasteiger charge is 2.16. The highest BCUT2D eigenvalue weighted by molar-refractivity contribution is 6.29. The van der Waals surface area contributed by atoms with E-state index in [1.165, 1.54) is 0 Å². The maximum atomic E-state index is 12.7. The van der Waals surface area contributed by atoms with Crippen molar-refractivity contribution in [2.45, 2.75) is 26.4 Å². The van der Waals surface area contributed by atoms with Crippen LogP contribution >= 0.6 is 11.6 Å². The monoisotopic (exact) mass is 344 g/mol. The van der Waals surface area contributed by atoms with Crippen LogP contribution in [0.4, 0.5) is 0 Å². The molecule has 0 aliphatic heterocycles. The Morgan fingerprint density at radius 1 is 1.33 bits per heavy atom. The molecule has 0 saturated carbocycles. The summed E-state index contributed by atoms with van der Waals surface area (Å²) in [6.45, 7) is 4.82. The minimum atomic E-state index is -0.0322. The molecule has 0 aliphatic carbocycles. The van der Waals surface area contributed by atoms with Crippen LogP contribution in [0.3, 0.4) is 0 Å². The van der Waals surface area contributed by atoms with Crippen molar-refractivity contribution in [2.24, 2.45) is 7.05 Å². The Hall–Kier alpha value is -2.27. The van der Waals surface area contributed by atoms with Crippen molar-refractivity contribution in [1.82, 2.24) is 19.0 Å². The summed E-state index contributed by atoms with van der Waals surface area (Å²) in [6, 6.07) is 9.92. The minimum absolute atomic E-state index is 0.0322. The van der Waals surface area contributed by atoms with Gasteiger partial charge in [0.2, 0.25) is 5.28 Å². The zero-order valence-electron chi connectivity index (χ0n) is 14.3. The molecule has 0 spiro atoms. The van der Waals surface area contributed by atoms with Crippen molar-refractivity contribution in [3.05, 3.63) is 53.1 Å². The lowest BCUT2D eigenvalue weighted by Crippen LogP contribution is -2.27. The third-order valence-corrected chi connectivity index (χ3v) is 4.58. The molecule has 2 aromatic heterocycles. The molecule has 2 heterocycles. The van der Waals surface area contributed by atoms with Gasteiger partial charge in [-0.15, -0.1) is 0 Å². The van der Waals surface area contributed by atoms with E-state index >= 15 is 0 Å². The fourth-order valence-electron chi connectivity index (χ4n) is 2.91. The second-order valence-corrected chi connectivity index (χ2v) is 6.64. The lowest BCUT2D eigenvalue weighted by Gasteiger charge is -2.20. The Kier molecular flexibility index (Phi) is 4.37. The predicted molar refractivity (Wildman–Crippen MR) is 96.3 cm³/mol. The zero-order valence-corrected chi connectivity index (χ0v) is 15.1. The second kappa shape index (κ2) is 6.32. The maximum absolute atomic E-state index is 12.7. The highest BCUT2D eigenvalue weighted by atomic mass is 35.5. The number of rotatable bonds is 4. The largest absolute Gasteiger partial charge is 0.347 e. The molecule has 24 heavy (non-hydrogen) atoms. The Labute approximate surface area is 146 Å². The molecule has 5 nitrogen and oxygen atoms in total. The molecule has 0 bridgehead atoms. The highest BCUT2D eigenvalue weighted by Crippen LogP contribution is 2.21. The van der Waals surface area contributed by atoms with Crippen molar-refractivity contribution in [3.63, 3.8) is 0 Å². The molecule has 0 fully saturated rings. The predicted octanol–water partition coefficient (Wildman–Crippen LogP) is 3.88. The van der Waals surface area contributed by atoms with Gasteiger partial charge in [-0.3, -0.25) is 4.79 Å². The van der Waals surface area contributed by atoms with Crippen LogP contribution < -0.4 is 0 Å². The average molecular weight is 345 g/mol. The van der Waals surface area contributed by atoms with Crippen molar-refractivity contribution < 1.29 is 4.79 Å². The van der Waals surface area contributed by atoms with Gasteiger partial charge in [0.05, 0.1) is 17.6 Å². The van der Waals surface area contributed by atoms with Crippen LogP contribution in [0, 0.1) is 0 Å². The lowest BCUT2D eigenvalue weighted by atomic mass is 10.1. The number of aromatic nitrogens is 3. The first-order chi connectivity index (χ1) is 11.4. The normalized spacial score (nSPS) is 11.4. The molecule has 3 rings (SSSR count). The molecule has 1 aromatic carbocycles. The van der Waals surface area contributed by atoms with E-state index in [0.29, 0.717) is 23.4 Å². The number of imidazole rings is 1. The summed E-state index contributed by atoms with van der Waals surface area (Å²) in [6.07, 6.45) is 2.04. The number of aryl methyl sites for hydroxylation is 1. The van der Waals surface area contributed by atoms with Crippen LogP contribution in [0.1, 0.15) is 35.9 Å². The first-order valence-corrected chi connectivity index (χ1v) is 8.29. The van der Waals surface area contributed by atoms with E-state index in [2.05, 4.69) is 23.4 Å². The maximum Gasteiger partial charge on any atom is 0.254 e. The zero-order chi connectivity index (χ0) is 17.4. The average Bonchev–Trinajstić information content (AvgIpc) is 3.11. The summed E-state index contributed by atoms with van der Waals surface area (Å²) in [5, 5.41) is 0.415. The first-order valence-electron chi connectivity index (χ1n) is 7.91. The SMILES string of the molecule is CC(C)n1cccc1CN(C)C(=O)c1ccc2c(c1)nc(Cl)n2C. The Balaban J connectivity index is 1.84. The number of carbonyl (C=O) groups is 1.